The zero-order valence-electron chi connectivity index (χ0n) is 9.41. The van der Waals surface area contributed by atoms with E-state index in [0.29, 0.717) is 17.1 Å². The van der Waals surface area contributed by atoms with Gasteiger partial charge in [0.25, 0.3) is 0 Å². The average molecular weight is 295 g/mol. The van der Waals surface area contributed by atoms with E-state index in [4.69, 9.17) is 4.74 Å². The largest absolute Gasteiger partial charge is 0.457 e. The molecule has 0 amide bonds. The second-order valence-corrected chi connectivity index (χ2v) is 4.35. The van der Waals surface area contributed by atoms with Crippen molar-refractivity contribution in [2.75, 3.05) is 0 Å². The summed E-state index contributed by atoms with van der Waals surface area (Å²) < 4.78 is 18.9. The molecule has 0 heterocycles. The van der Waals surface area contributed by atoms with E-state index in [1.165, 1.54) is 11.6 Å². The van der Waals surface area contributed by atoms with Crippen LogP contribution >= 0.6 is 15.9 Å². The van der Waals surface area contributed by atoms with Gasteiger partial charge in [0.15, 0.2) is 0 Å². The maximum atomic E-state index is 13.3. The number of hydrogen-bond acceptors (Lipinski definition) is 1. The normalized spacial score (nSPS) is 10.3. The molecule has 0 atom stereocenters. The standard InChI is InChI=1S/C14H12BrFO/c1-10-2-5-13(8-14(10)16)17-12-6-3-11(9-15)4-7-12/h2-8H,9H2,1H3. The second kappa shape index (κ2) is 5.32. The van der Waals surface area contributed by atoms with Crippen LogP contribution in [0.5, 0.6) is 11.5 Å². The fraction of sp³-hybridized carbons (Fsp3) is 0.143. The smallest absolute Gasteiger partial charge is 0.130 e. The highest BCUT2D eigenvalue weighted by atomic mass is 79.9. The molecule has 0 radical (unpaired) electrons. The van der Waals surface area contributed by atoms with Gasteiger partial charge in [-0.1, -0.05) is 34.1 Å². The molecule has 0 fully saturated rings. The van der Waals surface area contributed by atoms with Crippen LogP contribution in [0.2, 0.25) is 0 Å². The van der Waals surface area contributed by atoms with Crippen LogP contribution in [0.15, 0.2) is 42.5 Å². The Morgan fingerprint density at radius 3 is 2.29 bits per heavy atom. The fourth-order valence-electron chi connectivity index (χ4n) is 1.42. The van der Waals surface area contributed by atoms with Crippen molar-refractivity contribution >= 4 is 15.9 Å². The minimum Gasteiger partial charge on any atom is -0.457 e. The molecule has 0 unspecified atom stereocenters. The third-order valence-corrected chi connectivity index (χ3v) is 3.10. The molecule has 0 N–H and O–H groups in total. The zero-order valence-corrected chi connectivity index (χ0v) is 11.0. The highest BCUT2D eigenvalue weighted by Crippen LogP contribution is 2.23. The van der Waals surface area contributed by atoms with Gasteiger partial charge in [-0.15, -0.1) is 0 Å². The molecule has 0 aliphatic carbocycles. The van der Waals surface area contributed by atoms with E-state index < -0.39 is 0 Å². The average Bonchev–Trinajstić information content (AvgIpc) is 2.35. The van der Waals surface area contributed by atoms with Gasteiger partial charge in [0.2, 0.25) is 0 Å². The van der Waals surface area contributed by atoms with E-state index in [-0.39, 0.29) is 5.82 Å². The molecule has 17 heavy (non-hydrogen) atoms. The fourth-order valence-corrected chi connectivity index (χ4v) is 1.79. The van der Waals surface area contributed by atoms with E-state index in [2.05, 4.69) is 15.9 Å². The molecule has 0 aliphatic heterocycles. The third-order valence-electron chi connectivity index (χ3n) is 2.46. The van der Waals surface area contributed by atoms with Gasteiger partial charge in [-0.05, 0) is 36.2 Å². The van der Waals surface area contributed by atoms with Gasteiger partial charge in [0.1, 0.15) is 17.3 Å². The van der Waals surface area contributed by atoms with Crippen molar-refractivity contribution in [3.05, 3.63) is 59.4 Å². The lowest BCUT2D eigenvalue weighted by molar-refractivity contribution is 0.476. The van der Waals surface area contributed by atoms with Gasteiger partial charge in [0.05, 0.1) is 0 Å². The number of ether oxygens (including phenoxy) is 1. The summed E-state index contributed by atoms with van der Waals surface area (Å²) >= 11 is 3.38. The Hall–Kier alpha value is -1.35. The predicted molar refractivity (Wildman–Crippen MR) is 70.3 cm³/mol. The van der Waals surface area contributed by atoms with Crippen LogP contribution in [-0.2, 0) is 5.33 Å². The van der Waals surface area contributed by atoms with Crippen LogP contribution < -0.4 is 4.74 Å². The van der Waals surface area contributed by atoms with E-state index >= 15 is 0 Å². The Bertz CT molecular complexity index is 508. The van der Waals surface area contributed by atoms with Crippen molar-refractivity contribution in [1.82, 2.24) is 0 Å². The first-order chi connectivity index (χ1) is 8.19. The third kappa shape index (κ3) is 3.07. The van der Waals surface area contributed by atoms with Gasteiger partial charge < -0.3 is 4.74 Å². The van der Waals surface area contributed by atoms with E-state index in [0.717, 1.165) is 5.33 Å². The van der Waals surface area contributed by atoms with Gasteiger partial charge in [0, 0.05) is 11.4 Å². The first-order valence-corrected chi connectivity index (χ1v) is 6.40. The molecule has 2 rings (SSSR count). The van der Waals surface area contributed by atoms with Crippen molar-refractivity contribution in [1.29, 1.82) is 0 Å². The monoisotopic (exact) mass is 294 g/mol. The van der Waals surface area contributed by atoms with Crippen molar-refractivity contribution in [3.8, 4) is 11.5 Å². The topological polar surface area (TPSA) is 9.23 Å². The SMILES string of the molecule is Cc1ccc(Oc2ccc(CBr)cc2)cc1F. The highest BCUT2D eigenvalue weighted by Gasteiger charge is 2.01. The molecule has 0 aliphatic rings. The lowest BCUT2D eigenvalue weighted by Gasteiger charge is -2.07. The quantitative estimate of drug-likeness (QED) is 0.737. The number of alkyl halides is 1. The van der Waals surface area contributed by atoms with E-state index in [1.807, 2.05) is 24.3 Å². The maximum Gasteiger partial charge on any atom is 0.130 e. The molecular formula is C14H12BrFO. The summed E-state index contributed by atoms with van der Waals surface area (Å²) in [6.45, 7) is 1.73. The van der Waals surface area contributed by atoms with Gasteiger partial charge in [-0.25, -0.2) is 4.39 Å². The molecule has 0 bridgehead atoms. The number of rotatable bonds is 3. The second-order valence-electron chi connectivity index (χ2n) is 3.79. The minimum absolute atomic E-state index is 0.250. The minimum atomic E-state index is -0.250. The molecule has 88 valence electrons. The van der Waals surface area contributed by atoms with Crippen LogP contribution in [0.4, 0.5) is 4.39 Å². The molecule has 1 nitrogen and oxygen atoms in total. The van der Waals surface area contributed by atoms with E-state index in [1.54, 1.807) is 19.1 Å². The highest BCUT2D eigenvalue weighted by molar-refractivity contribution is 9.08. The molecule has 0 spiro atoms. The molecule has 0 saturated carbocycles. The Morgan fingerprint density at radius 1 is 1.06 bits per heavy atom. The Balaban J connectivity index is 2.16. The summed E-state index contributed by atoms with van der Waals surface area (Å²) in [6, 6.07) is 12.5. The summed E-state index contributed by atoms with van der Waals surface area (Å²) in [4.78, 5) is 0. The lowest BCUT2D eigenvalue weighted by Crippen LogP contribution is -1.87. The maximum absolute atomic E-state index is 13.3. The first-order valence-electron chi connectivity index (χ1n) is 5.28. The van der Waals surface area contributed by atoms with Gasteiger partial charge in [-0.3, -0.25) is 0 Å². The van der Waals surface area contributed by atoms with Crippen LogP contribution in [0, 0.1) is 12.7 Å². The van der Waals surface area contributed by atoms with E-state index in [9.17, 15) is 4.39 Å². The predicted octanol–water partition coefficient (Wildman–Crippen LogP) is 4.82. The van der Waals surface area contributed by atoms with Crippen molar-refractivity contribution in [3.63, 3.8) is 0 Å². The van der Waals surface area contributed by atoms with Gasteiger partial charge in [-0.2, -0.15) is 0 Å². The Labute approximate surface area is 108 Å². The number of hydrogen-bond donors (Lipinski definition) is 0. The van der Waals surface area contributed by atoms with Crippen molar-refractivity contribution < 1.29 is 9.13 Å². The molecule has 2 aromatic rings. The van der Waals surface area contributed by atoms with Crippen molar-refractivity contribution in [2.45, 2.75) is 12.3 Å². The van der Waals surface area contributed by atoms with Crippen LogP contribution in [0.25, 0.3) is 0 Å². The zero-order chi connectivity index (χ0) is 12.3. The Kier molecular flexibility index (Phi) is 3.79. The molecule has 0 aromatic heterocycles. The number of aryl methyl sites for hydroxylation is 1. The van der Waals surface area contributed by atoms with Crippen LogP contribution in [-0.4, -0.2) is 0 Å². The van der Waals surface area contributed by atoms with Crippen LogP contribution in [0.1, 0.15) is 11.1 Å². The molecular weight excluding hydrogens is 283 g/mol. The Morgan fingerprint density at radius 2 is 1.71 bits per heavy atom. The lowest BCUT2D eigenvalue weighted by atomic mass is 10.2. The summed E-state index contributed by atoms with van der Waals surface area (Å²) in [6.07, 6.45) is 0. The first kappa shape index (κ1) is 12.1. The summed E-state index contributed by atoms with van der Waals surface area (Å²) in [7, 11) is 0. The van der Waals surface area contributed by atoms with Gasteiger partial charge >= 0.3 is 0 Å². The number of benzene rings is 2. The summed E-state index contributed by atoms with van der Waals surface area (Å²) in [5, 5.41) is 0.812. The van der Waals surface area contributed by atoms with Crippen molar-refractivity contribution in [2.24, 2.45) is 0 Å². The molecule has 3 heteroatoms. The number of halogens is 2. The summed E-state index contributed by atoms with van der Waals surface area (Å²) in [5.41, 5.74) is 1.79. The summed E-state index contributed by atoms with van der Waals surface area (Å²) in [5.74, 6) is 0.970. The van der Waals surface area contributed by atoms with Crippen LogP contribution in [0.3, 0.4) is 0 Å². The molecule has 0 saturated heterocycles. The molecule has 2 aromatic carbocycles.